The van der Waals surface area contributed by atoms with Gasteiger partial charge in [-0.3, -0.25) is 0 Å². The summed E-state index contributed by atoms with van der Waals surface area (Å²) < 4.78 is 0. The molecule has 2 heteroatoms. The molecule has 19 heavy (non-hydrogen) atoms. The monoisotopic (exact) mass is 275 g/mol. The predicted octanol–water partition coefficient (Wildman–Crippen LogP) is 4.07. The second-order valence-corrected chi connectivity index (χ2v) is 6.62. The average molecular weight is 276 g/mol. The second-order valence-electron chi connectivity index (χ2n) is 6.18. The molecule has 0 heterocycles. The van der Waals surface area contributed by atoms with Crippen molar-refractivity contribution in [3.8, 4) is 0 Å². The number of hydrogen-bond acceptors (Lipinski definition) is 1. The summed E-state index contributed by atoms with van der Waals surface area (Å²) in [6, 6.07) is 8.71. The van der Waals surface area contributed by atoms with Crippen LogP contribution in [-0.4, -0.2) is 12.6 Å². The van der Waals surface area contributed by atoms with Crippen molar-refractivity contribution in [3.05, 3.63) is 47.0 Å². The van der Waals surface area contributed by atoms with E-state index in [0.29, 0.717) is 6.04 Å². The third-order valence-corrected chi connectivity index (χ3v) is 4.81. The minimum absolute atomic E-state index is 0.515. The summed E-state index contributed by atoms with van der Waals surface area (Å²) in [5, 5.41) is 4.54. The molecule has 3 rings (SSSR count). The molecule has 2 aliphatic carbocycles. The van der Waals surface area contributed by atoms with Crippen molar-refractivity contribution >= 4 is 11.6 Å². The van der Waals surface area contributed by atoms with Gasteiger partial charge in [0.05, 0.1) is 0 Å². The second kappa shape index (κ2) is 5.68. The van der Waals surface area contributed by atoms with E-state index in [-0.39, 0.29) is 0 Å². The lowest BCUT2D eigenvalue weighted by Gasteiger charge is -2.22. The first kappa shape index (κ1) is 13.2. The van der Waals surface area contributed by atoms with Crippen molar-refractivity contribution in [3.63, 3.8) is 0 Å². The van der Waals surface area contributed by atoms with E-state index in [0.717, 1.165) is 35.7 Å². The highest BCUT2D eigenvalue weighted by Crippen LogP contribution is 2.42. The molecule has 2 aliphatic rings. The van der Waals surface area contributed by atoms with Crippen molar-refractivity contribution in [1.29, 1.82) is 0 Å². The van der Waals surface area contributed by atoms with Crippen LogP contribution in [0.2, 0.25) is 5.02 Å². The Hall–Kier alpha value is -0.790. The molecule has 1 saturated carbocycles. The summed E-state index contributed by atoms with van der Waals surface area (Å²) in [5.41, 5.74) is 1.32. The van der Waals surface area contributed by atoms with Gasteiger partial charge in [-0.25, -0.2) is 0 Å². The normalized spacial score (nSPS) is 29.9. The molecule has 0 spiro atoms. The van der Waals surface area contributed by atoms with Crippen molar-refractivity contribution in [2.24, 2.45) is 17.8 Å². The van der Waals surface area contributed by atoms with E-state index in [2.05, 4.69) is 36.5 Å². The largest absolute Gasteiger partial charge is 0.314 e. The summed E-state index contributed by atoms with van der Waals surface area (Å²) in [7, 11) is 0. The zero-order valence-corrected chi connectivity index (χ0v) is 12.2. The minimum Gasteiger partial charge on any atom is -0.314 e. The smallest absolute Gasteiger partial charge is 0.0408 e. The first-order valence-electron chi connectivity index (χ1n) is 7.37. The SMILES string of the molecule is CC(Cc1cccc(Cl)c1)NCC1CC2C=CC1C2. The van der Waals surface area contributed by atoms with Crippen LogP contribution in [-0.2, 0) is 6.42 Å². The van der Waals surface area contributed by atoms with Gasteiger partial charge in [-0.15, -0.1) is 0 Å². The molecule has 4 unspecified atom stereocenters. The van der Waals surface area contributed by atoms with Gasteiger partial charge in [0.2, 0.25) is 0 Å². The van der Waals surface area contributed by atoms with E-state index in [1.807, 2.05) is 12.1 Å². The molecular weight excluding hydrogens is 254 g/mol. The predicted molar refractivity (Wildman–Crippen MR) is 81.5 cm³/mol. The Bertz CT molecular complexity index is 468. The van der Waals surface area contributed by atoms with E-state index in [4.69, 9.17) is 11.6 Å². The van der Waals surface area contributed by atoms with Crippen LogP contribution in [0.3, 0.4) is 0 Å². The van der Waals surface area contributed by atoms with Gasteiger partial charge in [-0.1, -0.05) is 35.9 Å². The van der Waals surface area contributed by atoms with Gasteiger partial charge in [0.15, 0.2) is 0 Å². The number of allylic oxidation sites excluding steroid dienone is 2. The molecule has 0 amide bonds. The van der Waals surface area contributed by atoms with Crippen molar-refractivity contribution in [2.45, 2.75) is 32.2 Å². The first-order valence-corrected chi connectivity index (χ1v) is 7.74. The topological polar surface area (TPSA) is 12.0 Å². The van der Waals surface area contributed by atoms with E-state index in [1.54, 1.807) is 0 Å². The maximum absolute atomic E-state index is 6.02. The van der Waals surface area contributed by atoms with Gasteiger partial charge in [-0.2, -0.15) is 0 Å². The highest BCUT2D eigenvalue weighted by molar-refractivity contribution is 6.30. The molecule has 102 valence electrons. The van der Waals surface area contributed by atoms with Crippen LogP contribution < -0.4 is 5.32 Å². The fourth-order valence-electron chi connectivity index (χ4n) is 3.57. The quantitative estimate of drug-likeness (QED) is 0.799. The van der Waals surface area contributed by atoms with Crippen molar-refractivity contribution in [2.75, 3.05) is 6.54 Å². The van der Waals surface area contributed by atoms with Gasteiger partial charge in [0, 0.05) is 11.1 Å². The molecule has 4 atom stereocenters. The maximum atomic E-state index is 6.02. The molecule has 0 radical (unpaired) electrons. The highest BCUT2D eigenvalue weighted by Gasteiger charge is 2.35. The van der Waals surface area contributed by atoms with Gasteiger partial charge in [0.1, 0.15) is 0 Å². The number of halogens is 1. The zero-order chi connectivity index (χ0) is 13.2. The summed E-state index contributed by atoms with van der Waals surface area (Å²) >= 11 is 6.02. The Morgan fingerprint density at radius 3 is 2.89 bits per heavy atom. The molecule has 1 N–H and O–H groups in total. The average Bonchev–Trinajstić information content (AvgIpc) is 2.98. The summed E-state index contributed by atoms with van der Waals surface area (Å²) in [6.07, 6.45) is 8.68. The number of rotatable bonds is 5. The van der Waals surface area contributed by atoms with Gasteiger partial charge in [0.25, 0.3) is 0 Å². The third kappa shape index (κ3) is 3.21. The molecule has 2 bridgehead atoms. The van der Waals surface area contributed by atoms with Crippen LogP contribution >= 0.6 is 11.6 Å². The Morgan fingerprint density at radius 1 is 1.32 bits per heavy atom. The number of benzene rings is 1. The highest BCUT2D eigenvalue weighted by atomic mass is 35.5. The fraction of sp³-hybridized carbons (Fsp3) is 0.529. The fourth-order valence-corrected chi connectivity index (χ4v) is 3.78. The number of fused-ring (bicyclic) bond motifs is 2. The summed E-state index contributed by atoms with van der Waals surface area (Å²) in [4.78, 5) is 0. The molecule has 1 nitrogen and oxygen atoms in total. The maximum Gasteiger partial charge on any atom is 0.0408 e. The molecule has 1 aromatic rings. The third-order valence-electron chi connectivity index (χ3n) is 4.58. The zero-order valence-electron chi connectivity index (χ0n) is 11.5. The number of hydrogen-bond donors (Lipinski definition) is 1. The molecule has 1 fully saturated rings. The van der Waals surface area contributed by atoms with Crippen molar-refractivity contribution in [1.82, 2.24) is 5.32 Å². The lowest BCUT2D eigenvalue weighted by atomic mass is 9.93. The molecule has 0 aromatic heterocycles. The van der Waals surface area contributed by atoms with E-state index >= 15 is 0 Å². The van der Waals surface area contributed by atoms with Crippen molar-refractivity contribution < 1.29 is 0 Å². The van der Waals surface area contributed by atoms with E-state index < -0.39 is 0 Å². The minimum atomic E-state index is 0.515. The summed E-state index contributed by atoms with van der Waals surface area (Å²) in [6.45, 7) is 3.43. The van der Waals surface area contributed by atoms with Crippen LogP contribution in [0.4, 0.5) is 0 Å². The Morgan fingerprint density at radius 2 is 2.21 bits per heavy atom. The van der Waals surface area contributed by atoms with Crippen LogP contribution in [0.25, 0.3) is 0 Å². The molecular formula is C17H22ClN. The van der Waals surface area contributed by atoms with E-state index in [1.165, 1.54) is 18.4 Å². The van der Waals surface area contributed by atoms with Gasteiger partial charge >= 0.3 is 0 Å². The number of nitrogens with one attached hydrogen (secondary N) is 1. The lowest BCUT2D eigenvalue weighted by Crippen LogP contribution is -2.34. The lowest BCUT2D eigenvalue weighted by molar-refractivity contribution is 0.389. The Balaban J connectivity index is 1.47. The van der Waals surface area contributed by atoms with Gasteiger partial charge < -0.3 is 5.32 Å². The van der Waals surface area contributed by atoms with Crippen LogP contribution in [0.15, 0.2) is 36.4 Å². The van der Waals surface area contributed by atoms with Crippen LogP contribution in [0.5, 0.6) is 0 Å². The first-order chi connectivity index (χ1) is 9.20. The Kier molecular flexibility index (Phi) is 3.95. The summed E-state index contributed by atoms with van der Waals surface area (Å²) in [5.74, 6) is 2.58. The molecule has 0 aliphatic heterocycles. The standard InChI is InChI=1S/C17H22ClN/c1-12(7-13-3-2-4-17(18)10-13)19-11-16-9-14-5-6-15(16)8-14/h2-6,10,12,14-16,19H,7-9,11H2,1H3. The van der Waals surface area contributed by atoms with Crippen LogP contribution in [0, 0.1) is 17.8 Å². The van der Waals surface area contributed by atoms with Crippen LogP contribution in [0.1, 0.15) is 25.3 Å². The Labute approximate surface area is 121 Å². The molecule has 1 aromatic carbocycles. The van der Waals surface area contributed by atoms with Gasteiger partial charge in [-0.05, 0) is 68.2 Å². The van der Waals surface area contributed by atoms with E-state index in [9.17, 15) is 0 Å². The molecule has 0 saturated heterocycles.